The Labute approximate surface area is 148 Å². The molecule has 4 rings (SSSR count). The lowest BCUT2D eigenvalue weighted by atomic mass is 9.91. The quantitative estimate of drug-likeness (QED) is 0.847. The summed E-state index contributed by atoms with van der Waals surface area (Å²) in [4.78, 5) is 11.4. The fourth-order valence-corrected chi connectivity index (χ4v) is 3.59. The third-order valence-electron chi connectivity index (χ3n) is 5.03. The van der Waals surface area contributed by atoms with Crippen LogP contribution < -0.4 is 5.32 Å². The van der Waals surface area contributed by atoms with Crippen molar-refractivity contribution in [3.8, 4) is 11.8 Å². The Morgan fingerprint density at radius 1 is 1.16 bits per heavy atom. The van der Waals surface area contributed by atoms with Crippen molar-refractivity contribution >= 4 is 10.9 Å². The van der Waals surface area contributed by atoms with E-state index in [1.807, 2.05) is 0 Å². The number of rotatable bonds is 2. The molecule has 5 nitrogen and oxygen atoms in total. The van der Waals surface area contributed by atoms with Gasteiger partial charge in [-0.3, -0.25) is 4.90 Å². The lowest BCUT2D eigenvalue weighted by molar-refractivity contribution is 0.0443. The molecular formula is C20H24N4O. The SMILES string of the molecule is C(#Cc1ccc2ncnc(C3CCNCC3)c2c1)CN1CCOCC1. The van der Waals surface area contributed by atoms with Crippen molar-refractivity contribution in [3.63, 3.8) is 0 Å². The fraction of sp³-hybridized carbons (Fsp3) is 0.500. The summed E-state index contributed by atoms with van der Waals surface area (Å²) in [6.07, 6.45) is 3.97. The maximum Gasteiger partial charge on any atom is 0.116 e. The molecule has 130 valence electrons. The highest BCUT2D eigenvalue weighted by molar-refractivity contribution is 5.82. The van der Waals surface area contributed by atoms with Gasteiger partial charge >= 0.3 is 0 Å². The molecule has 3 heterocycles. The van der Waals surface area contributed by atoms with Crippen LogP contribution in [0.2, 0.25) is 0 Å². The standard InChI is InChI=1S/C20H24N4O/c1(9-24-10-12-25-13-11-24)2-16-3-4-19-18(14-16)20(23-15-22-19)17-5-7-21-8-6-17/h3-4,14-15,17,21H,5-13H2. The summed E-state index contributed by atoms with van der Waals surface area (Å²) in [5.74, 6) is 7.14. The molecule has 0 bridgehead atoms. The van der Waals surface area contributed by atoms with E-state index in [4.69, 9.17) is 4.74 Å². The van der Waals surface area contributed by atoms with E-state index in [-0.39, 0.29) is 0 Å². The van der Waals surface area contributed by atoms with Gasteiger partial charge in [0.2, 0.25) is 0 Å². The van der Waals surface area contributed by atoms with E-state index < -0.39 is 0 Å². The Hall–Kier alpha value is -2.00. The second-order valence-electron chi connectivity index (χ2n) is 6.71. The first-order valence-corrected chi connectivity index (χ1v) is 9.14. The minimum atomic E-state index is 0.517. The van der Waals surface area contributed by atoms with Crippen molar-refractivity contribution in [1.82, 2.24) is 20.2 Å². The number of hydrogen-bond acceptors (Lipinski definition) is 5. The molecule has 2 saturated heterocycles. The van der Waals surface area contributed by atoms with Gasteiger partial charge in [0.25, 0.3) is 0 Å². The zero-order valence-electron chi connectivity index (χ0n) is 14.5. The van der Waals surface area contributed by atoms with Gasteiger partial charge in [0, 0.05) is 30.0 Å². The van der Waals surface area contributed by atoms with Gasteiger partial charge in [-0.1, -0.05) is 11.8 Å². The predicted molar refractivity (Wildman–Crippen MR) is 98.5 cm³/mol. The summed E-state index contributed by atoms with van der Waals surface area (Å²) < 4.78 is 5.38. The summed E-state index contributed by atoms with van der Waals surface area (Å²) in [7, 11) is 0. The topological polar surface area (TPSA) is 50.3 Å². The Morgan fingerprint density at radius 2 is 2.00 bits per heavy atom. The molecule has 0 aliphatic carbocycles. The van der Waals surface area contributed by atoms with Crippen LogP contribution >= 0.6 is 0 Å². The van der Waals surface area contributed by atoms with Crippen molar-refractivity contribution in [3.05, 3.63) is 35.8 Å². The van der Waals surface area contributed by atoms with Gasteiger partial charge in [-0.25, -0.2) is 9.97 Å². The lowest BCUT2D eigenvalue weighted by Crippen LogP contribution is -2.36. The van der Waals surface area contributed by atoms with Crippen LogP contribution in [0.15, 0.2) is 24.5 Å². The summed E-state index contributed by atoms with van der Waals surface area (Å²) in [6, 6.07) is 6.30. The number of nitrogens with one attached hydrogen (secondary N) is 1. The molecule has 25 heavy (non-hydrogen) atoms. The number of fused-ring (bicyclic) bond motifs is 1. The molecule has 0 radical (unpaired) electrons. The Kier molecular flexibility index (Phi) is 5.22. The summed E-state index contributed by atoms with van der Waals surface area (Å²) in [5.41, 5.74) is 3.25. The number of piperidine rings is 1. The predicted octanol–water partition coefficient (Wildman–Crippen LogP) is 1.78. The molecule has 0 amide bonds. The highest BCUT2D eigenvalue weighted by atomic mass is 16.5. The Balaban J connectivity index is 1.56. The van der Waals surface area contributed by atoms with E-state index in [9.17, 15) is 0 Å². The Morgan fingerprint density at radius 3 is 2.84 bits per heavy atom. The highest BCUT2D eigenvalue weighted by Gasteiger charge is 2.19. The average Bonchev–Trinajstić information content (AvgIpc) is 2.69. The van der Waals surface area contributed by atoms with E-state index in [2.05, 4.69) is 50.2 Å². The molecule has 0 unspecified atom stereocenters. The van der Waals surface area contributed by atoms with Crippen LogP contribution in [0.5, 0.6) is 0 Å². The van der Waals surface area contributed by atoms with Gasteiger partial charge in [-0.2, -0.15) is 0 Å². The first-order chi connectivity index (χ1) is 12.4. The number of morpholine rings is 1. The van der Waals surface area contributed by atoms with Gasteiger partial charge in [0.15, 0.2) is 0 Å². The molecule has 1 aromatic heterocycles. The number of nitrogens with zero attached hydrogens (tertiary/aromatic N) is 3. The zero-order valence-corrected chi connectivity index (χ0v) is 14.5. The Bertz CT molecular complexity index is 783. The van der Waals surface area contributed by atoms with Gasteiger partial charge in [-0.15, -0.1) is 0 Å². The van der Waals surface area contributed by atoms with Gasteiger partial charge in [0.1, 0.15) is 6.33 Å². The average molecular weight is 336 g/mol. The lowest BCUT2D eigenvalue weighted by Gasteiger charge is -2.24. The largest absolute Gasteiger partial charge is 0.379 e. The van der Waals surface area contributed by atoms with Crippen molar-refractivity contribution in [2.45, 2.75) is 18.8 Å². The molecule has 2 aliphatic rings. The number of hydrogen-bond donors (Lipinski definition) is 1. The molecule has 0 spiro atoms. The monoisotopic (exact) mass is 336 g/mol. The maximum atomic E-state index is 5.38. The van der Waals surface area contributed by atoms with E-state index in [0.29, 0.717) is 5.92 Å². The minimum absolute atomic E-state index is 0.517. The maximum absolute atomic E-state index is 5.38. The molecule has 0 atom stereocenters. The smallest absolute Gasteiger partial charge is 0.116 e. The summed E-state index contributed by atoms with van der Waals surface area (Å²) in [5, 5.41) is 4.58. The zero-order chi connectivity index (χ0) is 16.9. The van der Waals surface area contributed by atoms with Gasteiger partial charge < -0.3 is 10.1 Å². The first kappa shape index (κ1) is 16.5. The number of ether oxygens (including phenoxy) is 1. The second-order valence-corrected chi connectivity index (χ2v) is 6.71. The van der Waals surface area contributed by atoms with Gasteiger partial charge in [-0.05, 0) is 44.1 Å². The van der Waals surface area contributed by atoms with Crippen molar-refractivity contribution in [2.24, 2.45) is 0 Å². The van der Waals surface area contributed by atoms with Crippen LogP contribution in [-0.2, 0) is 4.74 Å². The molecule has 5 heteroatoms. The first-order valence-electron chi connectivity index (χ1n) is 9.14. The van der Waals surface area contributed by atoms with Crippen LogP contribution in [0.3, 0.4) is 0 Å². The highest BCUT2D eigenvalue weighted by Crippen LogP contribution is 2.29. The van der Waals surface area contributed by atoms with Crippen LogP contribution in [0, 0.1) is 11.8 Å². The summed E-state index contributed by atoms with van der Waals surface area (Å²) >= 11 is 0. The number of aromatic nitrogens is 2. The van der Waals surface area contributed by atoms with Crippen molar-refractivity contribution in [1.29, 1.82) is 0 Å². The van der Waals surface area contributed by atoms with E-state index in [1.165, 1.54) is 5.69 Å². The fourth-order valence-electron chi connectivity index (χ4n) is 3.59. The molecule has 1 N–H and O–H groups in total. The third kappa shape index (κ3) is 3.98. The van der Waals surface area contributed by atoms with Crippen molar-refractivity contribution < 1.29 is 4.74 Å². The molecule has 0 saturated carbocycles. The molecule has 2 fully saturated rings. The van der Waals surface area contributed by atoms with Crippen molar-refractivity contribution in [2.75, 3.05) is 45.9 Å². The van der Waals surface area contributed by atoms with Crippen LogP contribution in [0.1, 0.15) is 30.0 Å². The minimum Gasteiger partial charge on any atom is -0.379 e. The number of benzene rings is 1. The molecule has 2 aromatic rings. The van der Waals surface area contributed by atoms with E-state index >= 15 is 0 Å². The third-order valence-corrected chi connectivity index (χ3v) is 5.03. The van der Waals surface area contributed by atoms with Crippen LogP contribution in [0.4, 0.5) is 0 Å². The normalized spacial score (nSPS) is 19.5. The molecular weight excluding hydrogens is 312 g/mol. The van der Waals surface area contributed by atoms with E-state index in [1.54, 1.807) is 6.33 Å². The van der Waals surface area contributed by atoms with Gasteiger partial charge in [0.05, 0.1) is 31.0 Å². The van der Waals surface area contributed by atoms with Crippen LogP contribution in [0.25, 0.3) is 10.9 Å². The van der Waals surface area contributed by atoms with E-state index in [0.717, 1.165) is 75.2 Å². The second kappa shape index (κ2) is 7.92. The molecule has 1 aromatic carbocycles. The summed E-state index contributed by atoms with van der Waals surface area (Å²) in [6.45, 7) is 6.50. The van der Waals surface area contributed by atoms with Crippen LogP contribution in [-0.4, -0.2) is 60.8 Å². The molecule has 2 aliphatic heterocycles.